The Bertz CT molecular complexity index is 3740. The summed E-state index contributed by atoms with van der Waals surface area (Å²) >= 11 is 1.61. The zero-order valence-corrected chi connectivity index (χ0v) is 42.8. The minimum Gasteiger partial charge on any atom is -0.472 e. The van der Waals surface area contributed by atoms with E-state index in [4.69, 9.17) is 7.16 Å². The maximum atomic E-state index is 10.1. The van der Waals surface area contributed by atoms with Crippen molar-refractivity contribution in [2.24, 2.45) is 0 Å². The molecule has 0 atom stereocenters. The molecule has 2 aliphatic carbocycles. The van der Waals surface area contributed by atoms with Crippen LogP contribution >= 0.6 is 11.3 Å². The first-order valence-electron chi connectivity index (χ1n) is 28.8. The van der Waals surface area contributed by atoms with Gasteiger partial charge in [0.05, 0.1) is 27.3 Å². The maximum absolute atomic E-state index is 10.1. The average molecular weight is 931 g/mol. The Kier molecular flexibility index (Phi) is 7.46. The molecule has 0 N–H and O–H groups in total. The van der Waals surface area contributed by atoms with E-state index >= 15 is 0 Å². The van der Waals surface area contributed by atoms with E-state index in [2.05, 4.69) is 85.3 Å². The number of anilines is 6. The highest BCUT2D eigenvalue weighted by atomic mass is 32.1. The summed E-state index contributed by atoms with van der Waals surface area (Å²) in [5.41, 5.74) is 3.50. The Morgan fingerprint density at radius 2 is 1.07 bits per heavy atom. The smallest absolute Gasteiger partial charge is 0.298 e. The monoisotopic (exact) mass is 931 g/mol. The van der Waals surface area contributed by atoms with Gasteiger partial charge in [-0.05, 0) is 131 Å². The van der Waals surface area contributed by atoms with E-state index in [0.717, 1.165) is 63.5 Å². The molecule has 0 bridgehead atoms. The van der Waals surface area contributed by atoms with Gasteiger partial charge in [-0.25, -0.2) is 29.9 Å². The predicted molar refractivity (Wildman–Crippen MR) is 281 cm³/mol. The van der Waals surface area contributed by atoms with E-state index < -0.39 is 40.5 Å². The van der Waals surface area contributed by atoms with Gasteiger partial charge in [-0.2, -0.15) is 0 Å². The highest BCUT2D eigenvalue weighted by Gasteiger charge is 2.55. The first-order chi connectivity index (χ1) is 36.0. The SMILES string of the molecule is [2H]c1nc(-c2c([2H])c([2H])c(N3c4cc(C)cc5c4B(c4oc6c(c4N5c4c([2H])c([2H])c(-c5nc([2H])nc(C(C)(C)C)n5)c([2H])c4[2H])C(C)(C)CCC6(C)C)c4c3sc3c4C(C)(C)CCC3(C)C)c([2H])c2[2H])nc(C(C)(C)C)n1. The van der Waals surface area contributed by atoms with Crippen LogP contribution in [0.3, 0.4) is 0 Å². The number of hydrogen-bond acceptors (Lipinski definition) is 10. The van der Waals surface area contributed by atoms with Crippen molar-refractivity contribution < 1.29 is 18.1 Å². The largest absolute Gasteiger partial charge is 0.472 e. The first kappa shape index (κ1) is 34.6. The second kappa shape index (κ2) is 14.7. The molecule has 4 aromatic heterocycles. The fraction of sp³-hybridized carbons (Fsp3) is 0.439. The van der Waals surface area contributed by atoms with Crippen LogP contribution in [0.4, 0.5) is 33.4 Å². The number of aromatic nitrogens is 6. The van der Waals surface area contributed by atoms with E-state index in [1.54, 1.807) is 11.3 Å². The molecule has 0 saturated heterocycles. The number of rotatable bonds is 4. The molecule has 0 spiro atoms. The van der Waals surface area contributed by atoms with Gasteiger partial charge < -0.3 is 14.2 Å². The van der Waals surface area contributed by atoms with Gasteiger partial charge in [0.2, 0.25) is 0 Å². The Balaban J connectivity index is 1.28. The van der Waals surface area contributed by atoms with Crippen molar-refractivity contribution in [2.75, 3.05) is 9.80 Å². The van der Waals surface area contributed by atoms with Gasteiger partial charge in [0.1, 0.15) is 32.8 Å². The van der Waals surface area contributed by atoms with Crippen molar-refractivity contribution >= 4 is 68.1 Å². The van der Waals surface area contributed by atoms with E-state index in [9.17, 15) is 11.0 Å². The number of fused-ring (bicyclic) bond motifs is 8. The maximum Gasteiger partial charge on any atom is 0.298 e. The number of thiophene rings is 1. The van der Waals surface area contributed by atoms with E-state index in [-0.39, 0.29) is 105 Å². The van der Waals surface area contributed by atoms with Gasteiger partial charge in [0, 0.05) is 60.6 Å². The lowest BCUT2D eigenvalue weighted by Crippen LogP contribution is -2.62. The van der Waals surface area contributed by atoms with Gasteiger partial charge in [-0.15, -0.1) is 11.3 Å². The van der Waals surface area contributed by atoms with Crippen LogP contribution < -0.4 is 26.4 Å². The standard InChI is InChI=1S/C57H65BN8OS/c1-32-28-37-41-38(29-32)66(36-22-18-34(19-23-36)48-60-31-62-51(64-48)53(5,6)7)49-42(39-45(68-49)57(14,15)27-25-54(39,8)9)58(41)46-43(40-44(67-46)56(12,13)26-24-55(40,10)11)65(37)35-20-16-33(17-21-35)47-59-30-61-50(63-47)52(2,3)4/h16-23,28-31H,24-27H2,1-15H3/i16D,17D,18D,19D,20D,21D,22D,23D,30D,31D. The van der Waals surface area contributed by atoms with Crippen LogP contribution in [0.1, 0.15) is 175 Å². The molecule has 2 aliphatic heterocycles. The van der Waals surface area contributed by atoms with Gasteiger partial charge >= 0.3 is 0 Å². The second-order valence-electron chi connectivity index (χ2n) is 24.0. The van der Waals surface area contributed by atoms with Crippen molar-refractivity contribution in [1.82, 2.24) is 29.9 Å². The molecule has 348 valence electrons. The van der Waals surface area contributed by atoms with Crippen LogP contribution in [-0.2, 0) is 32.5 Å². The van der Waals surface area contributed by atoms with Crippen LogP contribution in [-0.4, -0.2) is 36.6 Å². The Morgan fingerprint density at radius 3 is 1.60 bits per heavy atom. The summed E-state index contributed by atoms with van der Waals surface area (Å²) in [6.07, 6.45) is 2.65. The fourth-order valence-corrected chi connectivity index (χ4v) is 12.4. The molecule has 68 heavy (non-hydrogen) atoms. The molecule has 3 aromatic carbocycles. The molecule has 0 fully saturated rings. The third kappa shape index (κ3) is 6.83. The molecule has 4 aliphatic rings. The quantitative estimate of drug-likeness (QED) is 0.160. The number of furan rings is 1. The minimum atomic E-state index is -0.623. The molecular weight excluding hydrogens is 856 g/mol. The molecule has 0 amide bonds. The van der Waals surface area contributed by atoms with Crippen LogP contribution in [0.5, 0.6) is 0 Å². The van der Waals surface area contributed by atoms with E-state index in [1.165, 1.54) is 0 Å². The Labute approximate surface area is 421 Å². The molecule has 0 saturated carbocycles. The molecule has 6 heterocycles. The zero-order valence-electron chi connectivity index (χ0n) is 52.0. The third-order valence-corrected chi connectivity index (χ3v) is 16.3. The molecule has 9 nitrogen and oxygen atoms in total. The number of hydrogen-bond donors (Lipinski definition) is 0. The second-order valence-corrected chi connectivity index (χ2v) is 25.0. The van der Waals surface area contributed by atoms with Crippen molar-refractivity contribution in [3.8, 4) is 22.8 Å². The lowest BCUT2D eigenvalue weighted by atomic mass is 9.34. The van der Waals surface area contributed by atoms with E-state index in [0.29, 0.717) is 28.2 Å². The Morgan fingerprint density at radius 1 is 0.603 bits per heavy atom. The summed E-state index contributed by atoms with van der Waals surface area (Å²) in [6, 6.07) is 1.02. The number of benzene rings is 3. The topological polar surface area (TPSA) is 97.0 Å². The summed E-state index contributed by atoms with van der Waals surface area (Å²) in [5.74, 6) is 1.07. The van der Waals surface area contributed by atoms with Crippen LogP contribution in [0.25, 0.3) is 22.8 Å². The first-order valence-corrected chi connectivity index (χ1v) is 24.6. The van der Waals surface area contributed by atoms with Crippen molar-refractivity contribution in [2.45, 2.75) is 162 Å². The van der Waals surface area contributed by atoms with Crippen molar-refractivity contribution in [1.29, 1.82) is 0 Å². The number of nitrogens with zero attached hydrogens (tertiary/aromatic N) is 8. The van der Waals surface area contributed by atoms with Crippen LogP contribution in [0, 0.1) is 6.92 Å². The lowest BCUT2D eigenvalue weighted by molar-refractivity contribution is 0.282. The predicted octanol–water partition coefficient (Wildman–Crippen LogP) is 12.7. The van der Waals surface area contributed by atoms with Crippen LogP contribution in [0.2, 0.25) is 0 Å². The normalized spacial score (nSPS) is 20.4. The highest BCUT2D eigenvalue weighted by molar-refractivity contribution is 7.20. The third-order valence-electron chi connectivity index (χ3n) is 14.7. The molecule has 11 heteroatoms. The zero-order chi connectivity index (χ0) is 57.0. The molecule has 7 aromatic rings. The minimum absolute atomic E-state index is 0.000599. The fourth-order valence-electron chi connectivity index (χ4n) is 10.7. The highest BCUT2D eigenvalue weighted by Crippen LogP contribution is 2.58. The molecular formula is C57H65BN8OS. The summed E-state index contributed by atoms with van der Waals surface area (Å²) in [6.45, 7) is 30.4. The van der Waals surface area contributed by atoms with Gasteiger partial charge in [-0.1, -0.05) is 96.9 Å². The van der Waals surface area contributed by atoms with E-state index in [1.807, 2.05) is 70.4 Å². The van der Waals surface area contributed by atoms with Gasteiger partial charge in [0.15, 0.2) is 11.6 Å². The summed E-state index contributed by atoms with van der Waals surface area (Å²) in [5, 5.41) is 0.732. The summed E-state index contributed by atoms with van der Waals surface area (Å²) in [7, 11) is 0. The summed E-state index contributed by atoms with van der Waals surface area (Å²) in [4.78, 5) is 31.2. The van der Waals surface area contributed by atoms with Gasteiger partial charge in [0.25, 0.3) is 6.71 Å². The van der Waals surface area contributed by atoms with Crippen LogP contribution in [0.15, 0.2) is 77.5 Å². The molecule has 0 unspecified atom stereocenters. The lowest BCUT2D eigenvalue weighted by Gasteiger charge is -2.45. The van der Waals surface area contributed by atoms with Crippen molar-refractivity contribution in [3.63, 3.8) is 0 Å². The average Bonchev–Trinajstić information content (AvgIpc) is 3.39. The van der Waals surface area contributed by atoms with Crippen molar-refractivity contribution in [3.05, 3.63) is 112 Å². The molecule has 0 radical (unpaired) electrons. The molecule has 11 rings (SSSR count). The number of aryl methyl sites for hydroxylation is 1. The van der Waals surface area contributed by atoms with Gasteiger partial charge in [-0.3, -0.25) is 0 Å². The summed E-state index contributed by atoms with van der Waals surface area (Å²) < 4.78 is 104. The Hall–Kier alpha value is -5.68.